The first-order valence-electron chi connectivity index (χ1n) is 8.42. The Bertz CT molecular complexity index is 1020. The second-order valence-electron chi connectivity index (χ2n) is 6.15. The summed E-state index contributed by atoms with van der Waals surface area (Å²) in [5, 5.41) is 10.8. The van der Waals surface area contributed by atoms with Crippen LogP contribution < -0.4 is 9.47 Å². The van der Waals surface area contributed by atoms with E-state index in [0.717, 1.165) is 15.3 Å². The minimum atomic E-state index is -0.556. The van der Waals surface area contributed by atoms with Gasteiger partial charge in [-0.05, 0) is 40.8 Å². The molecule has 1 atom stereocenters. The fraction of sp³-hybridized carbons (Fsp3) is 0.278. The molecule has 0 radical (unpaired) electrons. The number of aromatic nitrogens is 2. The molecule has 0 unspecified atom stereocenters. The van der Waals surface area contributed by atoms with Crippen molar-refractivity contribution in [3.8, 4) is 22.2 Å². The molecule has 28 heavy (non-hydrogen) atoms. The van der Waals surface area contributed by atoms with E-state index in [-0.39, 0.29) is 30.3 Å². The van der Waals surface area contributed by atoms with Gasteiger partial charge in [0.2, 0.25) is 0 Å². The lowest BCUT2D eigenvalue weighted by atomic mass is 10.2. The fourth-order valence-electron chi connectivity index (χ4n) is 2.89. The molecule has 4 rings (SSSR count). The number of hydrogen-bond acceptors (Lipinski definition) is 7. The topological polar surface area (TPSA) is 88.7 Å². The van der Waals surface area contributed by atoms with Crippen molar-refractivity contribution < 1.29 is 23.5 Å². The van der Waals surface area contributed by atoms with E-state index in [9.17, 15) is 14.5 Å². The second kappa shape index (κ2) is 7.56. The summed E-state index contributed by atoms with van der Waals surface area (Å²) in [6.45, 7) is 1.07. The van der Waals surface area contributed by atoms with Crippen LogP contribution in [0.3, 0.4) is 0 Å². The average molecular weight is 405 g/mol. The number of methoxy groups -OCH3 is 1. The Balaban J connectivity index is 1.38. The number of hydrogen-bond donors (Lipinski definition) is 0. The van der Waals surface area contributed by atoms with Crippen molar-refractivity contribution in [1.29, 1.82) is 0 Å². The number of ether oxygens (including phenoxy) is 3. The van der Waals surface area contributed by atoms with E-state index in [4.69, 9.17) is 14.2 Å². The highest BCUT2D eigenvalue weighted by Gasteiger charge is 2.28. The highest BCUT2D eigenvalue weighted by atomic mass is 32.1. The smallest absolute Gasteiger partial charge is 0.414 e. The second-order valence-corrected chi connectivity index (χ2v) is 7.32. The lowest BCUT2D eigenvalue weighted by molar-refractivity contribution is -0.389. The molecule has 0 saturated heterocycles. The maximum atomic E-state index is 13.9. The van der Waals surface area contributed by atoms with E-state index in [1.54, 1.807) is 16.7 Å². The van der Waals surface area contributed by atoms with Crippen LogP contribution in [0.4, 0.5) is 10.2 Å². The molecule has 0 bridgehead atoms. The Labute approximate surface area is 163 Å². The normalized spacial score (nSPS) is 15.7. The van der Waals surface area contributed by atoms with E-state index in [2.05, 4.69) is 4.98 Å². The quantitative estimate of drug-likeness (QED) is 0.459. The van der Waals surface area contributed by atoms with Gasteiger partial charge < -0.3 is 24.3 Å². The van der Waals surface area contributed by atoms with E-state index < -0.39 is 10.7 Å². The third-order valence-corrected chi connectivity index (χ3v) is 5.38. The van der Waals surface area contributed by atoms with Crippen LogP contribution in [0.25, 0.3) is 10.4 Å². The van der Waals surface area contributed by atoms with Gasteiger partial charge in [-0.3, -0.25) is 4.57 Å². The number of halogens is 1. The molecule has 0 amide bonds. The Morgan fingerprint density at radius 3 is 3.04 bits per heavy atom. The molecule has 0 N–H and O–H groups in total. The number of imidazole rings is 1. The van der Waals surface area contributed by atoms with Crippen molar-refractivity contribution >= 4 is 17.2 Å². The van der Waals surface area contributed by atoms with Gasteiger partial charge in [0.15, 0.2) is 11.6 Å². The molecule has 3 heterocycles. The van der Waals surface area contributed by atoms with E-state index >= 15 is 0 Å². The standard InChI is InChI=1S/C18H16FN3O5S/c1-25-15-4-2-11(6-14(15)19)16-5-3-13(28-16)10-26-12-7-21-8-17(22(23)24)20-18(21)27-9-12/h2-6,8,12H,7,9-10H2,1H3/t12-/m0/s1. The minimum Gasteiger partial charge on any atom is -0.494 e. The van der Waals surface area contributed by atoms with Crippen molar-refractivity contribution in [3.63, 3.8) is 0 Å². The van der Waals surface area contributed by atoms with Crippen LogP contribution in [0.5, 0.6) is 11.8 Å². The molecule has 10 heteroatoms. The SMILES string of the molecule is COc1ccc(-c2ccc(CO[C@@H]3COc4nc([N+](=O)[O-])cn4C3)s2)cc1F. The Kier molecular flexibility index (Phi) is 4.97. The molecule has 2 aromatic heterocycles. The van der Waals surface area contributed by atoms with Gasteiger partial charge in [-0.15, -0.1) is 11.3 Å². The summed E-state index contributed by atoms with van der Waals surface area (Å²) in [5.74, 6) is -0.443. The van der Waals surface area contributed by atoms with Crippen molar-refractivity contribution in [2.24, 2.45) is 0 Å². The maximum Gasteiger partial charge on any atom is 0.414 e. The molecule has 1 aliphatic heterocycles. The summed E-state index contributed by atoms with van der Waals surface area (Å²) in [4.78, 5) is 16.0. The van der Waals surface area contributed by atoms with Crippen LogP contribution in [0.2, 0.25) is 0 Å². The van der Waals surface area contributed by atoms with Gasteiger partial charge in [0.05, 0.1) is 20.3 Å². The van der Waals surface area contributed by atoms with Gasteiger partial charge in [0.1, 0.15) is 18.9 Å². The largest absolute Gasteiger partial charge is 0.494 e. The fourth-order valence-corrected chi connectivity index (χ4v) is 3.82. The highest BCUT2D eigenvalue weighted by Crippen LogP contribution is 2.32. The number of nitrogens with zero attached hydrogens (tertiary/aromatic N) is 3. The summed E-state index contributed by atoms with van der Waals surface area (Å²) in [5.41, 5.74) is 0.769. The van der Waals surface area contributed by atoms with Crippen molar-refractivity contribution in [2.75, 3.05) is 13.7 Å². The van der Waals surface area contributed by atoms with Gasteiger partial charge in [-0.1, -0.05) is 0 Å². The summed E-state index contributed by atoms with van der Waals surface area (Å²) in [7, 11) is 1.43. The summed E-state index contributed by atoms with van der Waals surface area (Å²) < 4.78 is 31.7. The van der Waals surface area contributed by atoms with Crippen molar-refractivity contribution in [1.82, 2.24) is 9.55 Å². The van der Waals surface area contributed by atoms with Gasteiger partial charge in [0, 0.05) is 14.7 Å². The number of fused-ring (bicyclic) bond motifs is 1. The molecule has 1 aromatic carbocycles. The molecular weight excluding hydrogens is 389 g/mol. The van der Waals surface area contributed by atoms with Crippen molar-refractivity contribution in [3.05, 3.63) is 57.3 Å². The first-order valence-corrected chi connectivity index (χ1v) is 9.23. The van der Waals surface area contributed by atoms with Gasteiger partial charge in [0.25, 0.3) is 0 Å². The monoisotopic (exact) mass is 405 g/mol. The number of thiophene rings is 1. The number of nitro groups is 1. The van der Waals surface area contributed by atoms with Gasteiger partial charge >= 0.3 is 11.8 Å². The predicted molar refractivity (Wildman–Crippen MR) is 99.2 cm³/mol. The molecule has 0 fully saturated rings. The minimum absolute atomic E-state index is 0.209. The van der Waals surface area contributed by atoms with Crippen LogP contribution in [-0.2, 0) is 17.9 Å². The molecule has 0 aliphatic carbocycles. The molecular formula is C18H16FN3O5S. The molecule has 0 spiro atoms. The van der Waals surface area contributed by atoms with E-state index in [0.29, 0.717) is 13.2 Å². The van der Waals surface area contributed by atoms with Crippen molar-refractivity contribution in [2.45, 2.75) is 19.3 Å². The Hall–Kier alpha value is -2.98. The lowest BCUT2D eigenvalue weighted by Crippen LogP contribution is -2.32. The van der Waals surface area contributed by atoms with E-state index in [1.807, 2.05) is 12.1 Å². The van der Waals surface area contributed by atoms with Crippen LogP contribution >= 0.6 is 11.3 Å². The summed E-state index contributed by atoms with van der Waals surface area (Å²) >= 11 is 1.51. The molecule has 0 saturated carbocycles. The third kappa shape index (κ3) is 3.69. The van der Waals surface area contributed by atoms with Crippen LogP contribution in [0.15, 0.2) is 36.5 Å². The lowest BCUT2D eigenvalue weighted by Gasteiger charge is -2.22. The van der Waals surface area contributed by atoms with Gasteiger partial charge in [-0.2, -0.15) is 0 Å². The van der Waals surface area contributed by atoms with Crippen LogP contribution in [0, 0.1) is 15.9 Å². The maximum absolute atomic E-state index is 13.9. The molecule has 3 aromatic rings. The predicted octanol–water partition coefficient (Wildman–Crippen LogP) is 3.65. The first kappa shape index (κ1) is 18.4. The van der Waals surface area contributed by atoms with Crippen LogP contribution in [0.1, 0.15) is 4.88 Å². The molecule has 8 nitrogen and oxygen atoms in total. The summed E-state index contributed by atoms with van der Waals surface area (Å²) in [6, 6.07) is 8.92. The third-order valence-electron chi connectivity index (χ3n) is 4.27. The number of benzene rings is 1. The first-order chi connectivity index (χ1) is 13.5. The van der Waals surface area contributed by atoms with Gasteiger partial charge in [-0.25, -0.2) is 4.39 Å². The zero-order valence-electron chi connectivity index (χ0n) is 14.8. The Morgan fingerprint density at radius 2 is 2.29 bits per heavy atom. The van der Waals surface area contributed by atoms with Crippen LogP contribution in [-0.4, -0.2) is 34.3 Å². The summed E-state index contributed by atoms with van der Waals surface area (Å²) in [6.07, 6.45) is 1.09. The molecule has 1 aliphatic rings. The zero-order valence-corrected chi connectivity index (χ0v) is 15.6. The number of rotatable bonds is 6. The van der Waals surface area contributed by atoms with E-state index in [1.165, 1.54) is 30.7 Å². The molecule has 146 valence electrons. The average Bonchev–Trinajstić information content (AvgIpc) is 3.33. The zero-order chi connectivity index (χ0) is 19.7. The highest BCUT2D eigenvalue weighted by molar-refractivity contribution is 7.15. The Morgan fingerprint density at radius 1 is 1.43 bits per heavy atom.